The average molecular weight is 234 g/mol. The van der Waals surface area contributed by atoms with Gasteiger partial charge in [-0.25, -0.2) is 0 Å². The molecule has 0 aliphatic carbocycles. The lowest BCUT2D eigenvalue weighted by Gasteiger charge is -2.11. The Morgan fingerprint density at radius 2 is 1.76 bits per heavy atom. The maximum atomic E-state index is 11.7. The number of nitrogens with one attached hydrogen (secondary N) is 2. The Morgan fingerprint density at radius 1 is 1.12 bits per heavy atom. The first-order chi connectivity index (χ1) is 8.04. The van der Waals surface area contributed by atoms with Gasteiger partial charge in [-0.3, -0.25) is 4.79 Å². The molecule has 1 aromatic rings. The van der Waals surface area contributed by atoms with Crippen molar-refractivity contribution in [2.75, 3.05) is 18.9 Å². The zero-order valence-corrected chi connectivity index (χ0v) is 11.2. The summed E-state index contributed by atoms with van der Waals surface area (Å²) in [5.74, 6) is 0.0894. The molecule has 1 rings (SSSR count). The van der Waals surface area contributed by atoms with Gasteiger partial charge in [0.15, 0.2) is 0 Å². The molecule has 0 spiro atoms. The topological polar surface area (TPSA) is 41.1 Å². The zero-order valence-electron chi connectivity index (χ0n) is 11.2. The van der Waals surface area contributed by atoms with Crippen LogP contribution < -0.4 is 10.6 Å². The van der Waals surface area contributed by atoms with E-state index in [1.165, 1.54) is 11.1 Å². The zero-order chi connectivity index (χ0) is 12.8. The monoisotopic (exact) mass is 234 g/mol. The minimum Gasteiger partial charge on any atom is -0.326 e. The number of anilines is 1. The molecule has 0 fully saturated rings. The number of benzene rings is 1. The van der Waals surface area contributed by atoms with Gasteiger partial charge in [0.25, 0.3) is 0 Å². The normalized spacial score (nSPS) is 10.4. The molecule has 0 aromatic heterocycles. The van der Waals surface area contributed by atoms with Crippen LogP contribution in [0.1, 0.15) is 29.5 Å². The van der Waals surface area contributed by atoms with Crippen LogP contribution in [0.2, 0.25) is 0 Å². The predicted molar refractivity (Wildman–Crippen MR) is 72.4 cm³/mol. The lowest BCUT2D eigenvalue weighted by Crippen LogP contribution is -2.15. The van der Waals surface area contributed by atoms with Crippen molar-refractivity contribution < 1.29 is 4.79 Å². The summed E-state index contributed by atoms with van der Waals surface area (Å²) in [5.41, 5.74) is 4.52. The van der Waals surface area contributed by atoms with E-state index < -0.39 is 0 Å². The minimum atomic E-state index is 0.0894. The van der Waals surface area contributed by atoms with Gasteiger partial charge in [0.2, 0.25) is 5.91 Å². The highest BCUT2D eigenvalue weighted by Crippen LogP contribution is 2.20. The maximum Gasteiger partial charge on any atom is 0.224 e. The van der Waals surface area contributed by atoms with Crippen molar-refractivity contribution in [2.45, 2.75) is 33.6 Å². The largest absolute Gasteiger partial charge is 0.326 e. The van der Waals surface area contributed by atoms with Gasteiger partial charge in [-0.2, -0.15) is 0 Å². The Balaban J connectivity index is 2.62. The molecule has 0 radical (unpaired) electrons. The van der Waals surface area contributed by atoms with Crippen LogP contribution in [0.5, 0.6) is 0 Å². The molecule has 0 atom stereocenters. The highest BCUT2D eigenvalue weighted by atomic mass is 16.1. The van der Waals surface area contributed by atoms with Gasteiger partial charge in [-0.1, -0.05) is 6.07 Å². The van der Waals surface area contributed by atoms with Crippen LogP contribution in [0.15, 0.2) is 12.1 Å². The predicted octanol–water partition coefficient (Wildman–Crippen LogP) is 2.55. The Bertz CT molecular complexity index is 399. The maximum absolute atomic E-state index is 11.7. The van der Waals surface area contributed by atoms with Gasteiger partial charge >= 0.3 is 0 Å². The summed E-state index contributed by atoms with van der Waals surface area (Å²) in [7, 11) is 1.89. The summed E-state index contributed by atoms with van der Waals surface area (Å²) >= 11 is 0. The van der Waals surface area contributed by atoms with E-state index in [2.05, 4.69) is 30.5 Å². The second-order valence-electron chi connectivity index (χ2n) is 4.51. The van der Waals surface area contributed by atoms with Crippen molar-refractivity contribution in [3.63, 3.8) is 0 Å². The number of amides is 1. The van der Waals surface area contributed by atoms with Crippen molar-refractivity contribution in [3.8, 4) is 0 Å². The van der Waals surface area contributed by atoms with E-state index in [0.29, 0.717) is 6.42 Å². The molecule has 2 N–H and O–H groups in total. The van der Waals surface area contributed by atoms with Crippen LogP contribution in [-0.2, 0) is 4.79 Å². The molecule has 0 aliphatic heterocycles. The number of carbonyl (C=O) groups excluding carboxylic acids is 1. The molecule has 3 heteroatoms. The smallest absolute Gasteiger partial charge is 0.224 e. The van der Waals surface area contributed by atoms with E-state index in [4.69, 9.17) is 0 Å². The third-order valence-electron chi connectivity index (χ3n) is 2.95. The van der Waals surface area contributed by atoms with Gasteiger partial charge < -0.3 is 10.6 Å². The lowest BCUT2D eigenvalue weighted by molar-refractivity contribution is -0.116. The molecule has 0 saturated carbocycles. The van der Waals surface area contributed by atoms with Crippen LogP contribution in [0, 0.1) is 20.8 Å². The van der Waals surface area contributed by atoms with Crippen molar-refractivity contribution in [3.05, 3.63) is 28.8 Å². The van der Waals surface area contributed by atoms with Crippen molar-refractivity contribution in [2.24, 2.45) is 0 Å². The van der Waals surface area contributed by atoms with Gasteiger partial charge in [0.1, 0.15) is 0 Å². The van der Waals surface area contributed by atoms with Crippen LogP contribution in [0.25, 0.3) is 0 Å². The van der Waals surface area contributed by atoms with Gasteiger partial charge in [-0.05, 0) is 63.5 Å². The average Bonchev–Trinajstić information content (AvgIpc) is 2.26. The summed E-state index contributed by atoms with van der Waals surface area (Å²) in [6.07, 6.45) is 1.43. The molecule has 1 aromatic carbocycles. The Kier molecular flexibility index (Phi) is 5.16. The number of hydrogen-bond donors (Lipinski definition) is 2. The van der Waals surface area contributed by atoms with Crippen molar-refractivity contribution in [1.29, 1.82) is 0 Å². The molecule has 0 unspecified atom stereocenters. The van der Waals surface area contributed by atoms with Crippen LogP contribution >= 0.6 is 0 Å². The highest BCUT2D eigenvalue weighted by Gasteiger charge is 2.06. The summed E-state index contributed by atoms with van der Waals surface area (Å²) in [4.78, 5) is 11.7. The second kappa shape index (κ2) is 6.40. The first kappa shape index (κ1) is 13.7. The third kappa shape index (κ3) is 4.19. The molecular formula is C14H22N2O. The van der Waals surface area contributed by atoms with E-state index in [0.717, 1.165) is 24.2 Å². The van der Waals surface area contributed by atoms with Gasteiger partial charge in [0, 0.05) is 12.1 Å². The fraction of sp³-hybridized carbons (Fsp3) is 0.500. The molecule has 0 heterocycles. The fourth-order valence-corrected chi connectivity index (χ4v) is 1.73. The Hall–Kier alpha value is -1.35. The quantitative estimate of drug-likeness (QED) is 0.769. The Morgan fingerprint density at radius 3 is 2.41 bits per heavy atom. The molecule has 1 amide bonds. The van der Waals surface area contributed by atoms with Gasteiger partial charge in [0.05, 0.1) is 0 Å². The SMILES string of the molecule is CNCCCC(=O)Nc1cc(C)c(C)cc1C. The van der Waals surface area contributed by atoms with Crippen molar-refractivity contribution in [1.82, 2.24) is 5.32 Å². The van der Waals surface area contributed by atoms with E-state index >= 15 is 0 Å². The molecule has 0 saturated heterocycles. The lowest BCUT2D eigenvalue weighted by atomic mass is 10.0. The fourth-order valence-electron chi connectivity index (χ4n) is 1.73. The third-order valence-corrected chi connectivity index (χ3v) is 2.95. The summed E-state index contributed by atoms with van der Waals surface area (Å²) in [6, 6.07) is 4.15. The van der Waals surface area contributed by atoms with Crippen LogP contribution in [0.4, 0.5) is 5.69 Å². The highest BCUT2D eigenvalue weighted by molar-refractivity contribution is 5.91. The summed E-state index contributed by atoms with van der Waals surface area (Å²) < 4.78 is 0. The molecule has 0 aliphatic rings. The van der Waals surface area contributed by atoms with Gasteiger partial charge in [-0.15, -0.1) is 0 Å². The number of carbonyl (C=O) groups is 1. The summed E-state index contributed by atoms with van der Waals surface area (Å²) in [6.45, 7) is 7.04. The minimum absolute atomic E-state index is 0.0894. The Labute approximate surface area is 104 Å². The standard InChI is InChI=1S/C14H22N2O/c1-10-8-12(3)13(9-11(10)2)16-14(17)6-5-7-15-4/h8-9,15H,5-7H2,1-4H3,(H,16,17). The first-order valence-corrected chi connectivity index (χ1v) is 6.07. The molecule has 3 nitrogen and oxygen atoms in total. The van der Waals surface area contributed by atoms with E-state index in [-0.39, 0.29) is 5.91 Å². The van der Waals surface area contributed by atoms with E-state index in [1.807, 2.05) is 20.0 Å². The van der Waals surface area contributed by atoms with Crippen LogP contribution in [-0.4, -0.2) is 19.5 Å². The number of aryl methyl sites for hydroxylation is 3. The number of hydrogen-bond acceptors (Lipinski definition) is 2. The molecular weight excluding hydrogens is 212 g/mol. The first-order valence-electron chi connectivity index (χ1n) is 6.07. The van der Waals surface area contributed by atoms with E-state index in [1.54, 1.807) is 0 Å². The van der Waals surface area contributed by atoms with Crippen molar-refractivity contribution >= 4 is 11.6 Å². The summed E-state index contributed by atoms with van der Waals surface area (Å²) in [5, 5.41) is 6.01. The molecule has 17 heavy (non-hydrogen) atoms. The van der Waals surface area contributed by atoms with Crippen LogP contribution in [0.3, 0.4) is 0 Å². The van der Waals surface area contributed by atoms with E-state index in [9.17, 15) is 4.79 Å². The molecule has 94 valence electrons. The second-order valence-corrected chi connectivity index (χ2v) is 4.51. The molecule has 0 bridgehead atoms. The number of rotatable bonds is 5.